The molecule has 1 aromatic carbocycles. The van der Waals surface area contributed by atoms with E-state index < -0.39 is 17.4 Å². The summed E-state index contributed by atoms with van der Waals surface area (Å²) in [6, 6.07) is 8.19. The molecule has 0 aliphatic carbocycles. The average Bonchev–Trinajstić information content (AvgIpc) is 2.30. The molecular weight excluding hydrogens is 225 g/mol. The number of pyridine rings is 1. The van der Waals surface area contributed by atoms with Gasteiger partial charge in [0.25, 0.3) is 0 Å². The number of hydrogen-bond donors (Lipinski definition) is 2. The Morgan fingerprint density at radius 2 is 1.76 bits per heavy atom. The Morgan fingerprint density at radius 1 is 1.12 bits per heavy atom. The van der Waals surface area contributed by atoms with E-state index in [1.807, 2.05) is 0 Å². The van der Waals surface area contributed by atoms with Gasteiger partial charge < -0.3 is 10.2 Å². The van der Waals surface area contributed by atoms with E-state index in [1.165, 1.54) is 36.4 Å². The summed E-state index contributed by atoms with van der Waals surface area (Å²) >= 11 is 0. The number of nitrogens with zero attached hydrogens (tertiary/aromatic N) is 1. The lowest BCUT2D eigenvalue weighted by atomic mass is 10.1. The molecule has 5 heteroatoms. The number of carboxylic acids is 1. The lowest BCUT2D eigenvalue weighted by Gasteiger charge is -2.03. The second kappa shape index (κ2) is 4.21. The van der Waals surface area contributed by atoms with E-state index in [1.54, 1.807) is 0 Å². The Hall–Kier alpha value is -2.43. The molecule has 0 spiro atoms. The van der Waals surface area contributed by atoms with Gasteiger partial charge in [0.1, 0.15) is 11.6 Å². The molecule has 0 atom stereocenters. The van der Waals surface area contributed by atoms with Gasteiger partial charge in [0.05, 0.1) is 5.69 Å². The van der Waals surface area contributed by atoms with Crippen LogP contribution in [0, 0.1) is 5.82 Å². The van der Waals surface area contributed by atoms with Crippen LogP contribution in [0.1, 0.15) is 10.5 Å². The first kappa shape index (κ1) is 11.1. The average molecular weight is 233 g/mol. The van der Waals surface area contributed by atoms with Gasteiger partial charge in [0.2, 0.25) is 0 Å². The van der Waals surface area contributed by atoms with Crippen LogP contribution in [0.25, 0.3) is 11.3 Å². The standard InChI is InChI=1S/C12H8FNO3/c13-8-3-1-7(2-4-8)9-5-6-10(15)11(14-9)12(16)17/h1-6,15H,(H,16,17). The Morgan fingerprint density at radius 3 is 2.35 bits per heavy atom. The molecule has 4 nitrogen and oxygen atoms in total. The number of benzene rings is 1. The van der Waals surface area contributed by atoms with Crippen molar-refractivity contribution in [2.45, 2.75) is 0 Å². The van der Waals surface area contributed by atoms with Crippen LogP contribution in [-0.2, 0) is 0 Å². The summed E-state index contributed by atoms with van der Waals surface area (Å²) in [5.41, 5.74) is 0.515. The molecule has 1 aromatic heterocycles. The van der Waals surface area contributed by atoms with Crippen LogP contribution in [-0.4, -0.2) is 21.2 Å². The highest BCUT2D eigenvalue weighted by Gasteiger charge is 2.12. The van der Waals surface area contributed by atoms with Gasteiger partial charge in [-0.15, -0.1) is 0 Å². The lowest BCUT2D eigenvalue weighted by Crippen LogP contribution is -2.01. The van der Waals surface area contributed by atoms with Crippen LogP contribution in [0.5, 0.6) is 5.75 Å². The van der Waals surface area contributed by atoms with E-state index in [0.717, 1.165) is 0 Å². The van der Waals surface area contributed by atoms with Crippen molar-refractivity contribution in [2.75, 3.05) is 0 Å². The molecule has 0 bridgehead atoms. The number of rotatable bonds is 2. The van der Waals surface area contributed by atoms with Gasteiger partial charge in [-0.1, -0.05) is 0 Å². The van der Waals surface area contributed by atoms with Gasteiger partial charge in [0.15, 0.2) is 5.69 Å². The summed E-state index contributed by atoms with van der Waals surface area (Å²) in [5.74, 6) is -2.10. The first-order valence-corrected chi connectivity index (χ1v) is 4.77. The number of aromatic hydroxyl groups is 1. The smallest absolute Gasteiger partial charge is 0.358 e. The van der Waals surface area contributed by atoms with E-state index in [0.29, 0.717) is 11.3 Å². The number of carboxylic acid groups (broad SMARTS) is 1. The third-order valence-corrected chi connectivity index (χ3v) is 2.22. The predicted octanol–water partition coefficient (Wildman–Crippen LogP) is 2.29. The van der Waals surface area contributed by atoms with Crippen molar-refractivity contribution in [1.82, 2.24) is 4.98 Å². The number of aromatic carboxylic acids is 1. The van der Waals surface area contributed by atoms with Crippen molar-refractivity contribution in [3.63, 3.8) is 0 Å². The summed E-state index contributed by atoms with van der Waals surface area (Å²) in [6.07, 6.45) is 0. The molecular formula is C12H8FNO3. The van der Waals surface area contributed by atoms with Crippen LogP contribution in [0.3, 0.4) is 0 Å². The minimum Gasteiger partial charge on any atom is -0.505 e. The van der Waals surface area contributed by atoms with E-state index in [9.17, 15) is 14.3 Å². The Balaban J connectivity index is 2.50. The van der Waals surface area contributed by atoms with Gasteiger partial charge in [-0.3, -0.25) is 0 Å². The zero-order valence-corrected chi connectivity index (χ0v) is 8.59. The number of carbonyl (C=O) groups is 1. The molecule has 0 radical (unpaired) electrons. The molecule has 17 heavy (non-hydrogen) atoms. The van der Waals surface area contributed by atoms with Gasteiger partial charge in [-0.25, -0.2) is 14.2 Å². The first-order chi connectivity index (χ1) is 8.08. The summed E-state index contributed by atoms with van der Waals surface area (Å²) in [4.78, 5) is 14.6. The van der Waals surface area contributed by atoms with Crippen LogP contribution >= 0.6 is 0 Å². The van der Waals surface area contributed by atoms with Gasteiger partial charge in [0, 0.05) is 5.56 Å². The fraction of sp³-hybridized carbons (Fsp3) is 0. The fourth-order valence-electron chi connectivity index (χ4n) is 1.39. The molecule has 0 fully saturated rings. The van der Waals surface area contributed by atoms with Crippen molar-refractivity contribution in [2.24, 2.45) is 0 Å². The molecule has 0 saturated carbocycles. The van der Waals surface area contributed by atoms with Crippen molar-refractivity contribution >= 4 is 5.97 Å². The van der Waals surface area contributed by atoms with Crippen molar-refractivity contribution in [1.29, 1.82) is 0 Å². The van der Waals surface area contributed by atoms with E-state index in [4.69, 9.17) is 5.11 Å². The third kappa shape index (κ3) is 2.23. The molecule has 0 aliphatic rings. The van der Waals surface area contributed by atoms with Crippen LogP contribution in [0.2, 0.25) is 0 Å². The largest absolute Gasteiger partial charge is 0.505 e. The van der Waals surface area contributed by atoms with Crippen LogP contribution in [0.15, 0.2) is 36.4 Å². The molecule has 2 rings (SSSR count). The molecule has 86 valence electrons. The third-order valence-electron chi connectivity index (χ3n) is 2.22. The summed E-state index contributed by atoms with van der Waals surface area (Å²) in [6.45, 7) is 0. The highest BCUT2D eigenvalue weighted by molar-refractivity contribution is 5.89. The minimum absolute atomic E-state index is 0.361. The van der Waals surface area contributed by atoms with E-state index in [2.05, 4.69) is 4.98 Å². The second-order valence-electron chi connectivity index (χ2n) is 3.38. The highest BCUT2D eigenvalue weighted by Crippen LogP contribution is 2.22. The van der Waals surface area contributed by atoms with Crippen molar-refractivity contribution < 1.29 is 19.4 Å². The maximum absolute atomic E-state index is 12.7. The Labute approximate surface area is 96.0 Å². The monoisotopic (exact) mass is 233 g/mol. The molecule has 0 aliphatic heterocycles. The summed E-state index contributed by atoms with van der Waals surface area (Å²) in [5, 5.41) is 18.1. The SMILES string of the molecule is O=C(O)c1nc(-c2ccc(F)cc2)ccc1O. The molecule has 0 unspecified atom stereocenters. The molecule has 0 saturated heterocycles. The molecule has 2 aromatic rings. The van der Waals surface area contributed by atoms with Gasteiger partial charge in [-0.2, -0.15) is 0 Å². The zero-order chi connectivity index (χ0) is 12.4. The second-order valence-corrected chi connectivity index (χ2v) is 3.38. The summed E-state index contributed by atoms with van der Waals surface area (Å²) < 4.78 is 12.7. The van der Waals surface area contributed by atoms with Crippen LogP contribution in [0.4, 0.5) is 4.39 Å². The molecule has 2 N–H and O–H groups in total. The predicted molar refractivity (Wildman–Crippen MR) is 58.3 cm³/mol. The zero-order valence-electron chi connectivity index (χ0n) is 8.59. The number of hydrogen-bond acceptors (Lipinski definition) is 3. The summed E-state index contributed by atoms with van der Waals surface area (Å²) in [7, 11) is 0. The Kier molecular flexibility index (Phi) is 2.74. The fourth-order valence-corrected chi connectivity index (χ4v) is 1.39. The van der Waals surface area contributed by atoms with Crippen molar-refractivity contribution in [3.8, 4) is 17.0 Å². The molecule has 1 heterocycles. The van der Waals surface area contributed by atoms with Gasteiger partial charge >= 0.3 is 5.97 Å². The topological polar surface area (TPSA) is 70.4 Å². The quantitative estimate of drug-likeness (QED) is 0.834. The Bertz CT molecular complexity index is 566. The minimum atomic E-state index is -1.31. The maximum atomic E-state index is 12.7. The van der Waals surface area contributed by atoms with E-state index in [-0.39, 0.29) is 5.82 Å². The number of aromatic nitrogens is 1. The maximum Gasteiger partial charge on any atom is 0.358 e. The van der Waals surface area contributed by atoms with Crippen LogP contribution < -0.4 is 0 Å². The molecule has 0 amide bonds. The highest BCUT2D eigenvalue weighted by atomic mass is 19.1. The normalized spacial score (nSPS) is 10.2. The van der Waals surface area contributed by atoms with Crippen molar-refractivity contribution in [3.05, 3.63) is 47.9 Å². The lowest BCUT2D eigenvalue weighted by molar-refractivity contribution is 0.0687. The van der Waals surface area contributed by atoms with E-state index >= 15 is 0 Å². The first-order valence-electron chi connectivity index (χ1n) is 4.77. The van der Waals surface area contributed by atoms with Gasteiger partial charge in [-0.05, 0) is 36.4 Å². The number of halogens is 1.